The smallest absolute Gasteiger partial charge is 0.0482 e. The second kappa shape index (κ2) is 6.15. The summed E-state index contributed by atoms with van der Waals surface area (Å²) in [5, 5.41) is 2.09. The number of fused-ring (bicyclic) bond motifs is 1. The first-order valence-electron chi connectivity index (χ1n) is 7.60. The normalized spacial score (nSPS) is 12.7. The molecule has 3 heteroatoms. The van der Waals surface area contributed by atoms with Crippen LogP contribution in [0.3, 0.4) is 0 Å². The van der Waals surface area contributed by atoms with E-state index in [-0.39, 0.29) is 0 Å². The Morgan fingerprint density at radius 2 is 1.77 bits per heavy atom. The van der Waals surface area contributed by atoms with Crippen LogP contribution >= 0.6 is 11.6 Å². The number of aromatic nitrogens is 1. The fourth-order valence-electron chi connectivity index (χ4n) is 3.18. The van der Waals surface area contributed by atoms with Crippen LogP contribution in [-0.2, 0) is 13.5 Å². The van der Waals surface area contributed by atoms with Crippen LogP contribution in [-0.4, -0.2) is 11.1 Å². The van der Waals surface area contributed by atoms with Crippen molar-refractivity contribution in [3.8, 4) is 0 Å². The Labute approximate surface area is 136 Å². The Kier molecular flexibility index (Phi) is 4.23. The number of halogens is 1. The van der Waals surface area contributed by atoms with Gasteiger partial charge >= 0.3 is 0 Å². The highest BCUT2D eigenvalue weighted by Gasteiger charge is 2.17. The van der Waals surface area contributed by atoms with Gasteiger partial charge in [0.2, 0.25) is 0 Å². The van der Waals surface area contributed by atoms with Gasteiger partial charge in [-0.05, 0) is 49.2 Å². The van der Waals surface area contributed by atoms with Crippen LogP contribution in [0.5, 0.6) is 0 Å². The van der Waals surface area contributed by atoms with Gasteiger partial charge < -0.3 is 10.3 Å². The lowest BCUT2D eigenvalue weighted by molar-refractivity contribution is 0.691. The van der Waals surface area contributed by atoms with Crippen molar-refractivity contribution in [2.45, 2.75) is 19.3 Å². The van der Waals surface area contributed by atoms with Gasteiger partial charge in [0.15, 0.2) is 0 Å². The van der Waals surface area contributed by atoms with E-state index >= 15 is 0 Å². The Balaban J connectivity index is 2.01. The summed E-state index contributed by atoms with van der Waals surface area (Å²) in [6.07, 6.45) is 0.950. The molecule has 0 aliphatic rings. The van der Waals surface area contributed by atoms with Crippen LogP contribution in [0.1, 0.15) is 22.7 Å². The predicted octanol–water partition coefficient (Wildman–Crippen LogP) is 4.43. The van der Waals surface area contributed by atoms with Gasteiger partial charge in [0.1, 0.15) is 0 Å². The highest BCUT2D eigenvalue weighted by molar-refractivity contribution is 6.30. The van der Waals surface area contributed by atoms with E-state index in [4.69, 9.17) is 17.3 Å². The van der Waals surface area contributed by atoms with Crippen LogP contribution in [0.15, 0.2) is 48.5 Å². The number of hydrogen-bond donors (Lipinski definition) is 1. The lowest BCUT2D eigenvalue weighted by Gasteiger charge is -2.16. The second-order valence-corrected chi connectivity index (χ2v) is 6.26. The third kappa shape index (κ3) is 2.65. The topological polar surface area (TPSA) is 30.9 Å². The number of nitrogens with zero attached hydrogens (tertiary/aromatic N) is 1. The summed E-state index contributed by atoms with van der Waals surface area (Å²) in [6, 6.07) is 16.6. The van der Waals surface area contributed by atoms with E-state index in [1.54, 1.807) is 0 Å². The molecule has 0 spiro atoms. The zero-order valence-corrected chi connectivity index (χ0v) is 13.8. The quantitative estimate of drug-likeness (QED) is 0.759. The summed E-state index contributed by atoms with van der Waals surface area (Å²) in [4.78, 5) is 0. The zero-order chi connectivity index (χ0) is 15.7. The van der Waals surface area contributed by atoms with E-state index in [1.165, 1.54) is 27.7 Å². The molecule has 0 saturated carbocycles. The monoisotopic (exact) mass is 312 g/mol. The van der Waals surface area contributed by atoms with E-state index in [2.05, 4.69) is 54.9 Å². The molecular formula is C19H21ClN2. The van der Waals surface area contributed by atoms with Crippen molar-refractivity contribution < 1.29 is 0 Å². The molecule has 22 heavy (non-hydrogen) atoms. The largest absolute Gasteiger partial charge is 0.348 e. The zero-order valence-electron chi connectivity index (χ0n) is 13.0. The molecule has 0 saturated heterocycles. The summed E-state index contributed by atoms with van der Waals surface area (Å²) in [6.45, 7) is 2.81. The fourth-order valence-corrected chi connectivity index (χ4v) is 3.30. The number of aryl methyl sites for hydroxylation is 1. The molecule has 0 radical (unpaired) electrons. The number of hydrogen-bond acceptors (Lipinski definition) is 1. The molecule has 3 rings (SSSR count). The number of para-hydroxylation sites is 1. The summed E-state index contributed by atoms with van der Waals surface area (Å²) in [7, 11) is 2.13. The molecule has 0 aliphatic heterocycles. The van der Waals surface area contributed by atoms with Crippen LogP contribution in [0.25, 0.3) is 10.9 Å². The van der Waals surface area contributed by atoms with E-state index in [9.17, 15) is 0 Å². The average molecular weight is 313 g/mol. The van der Waals surface area contributed by atoms with Gasteiger partial charge in [0, 0.05) is 34.6 Å². The second-order valence-electron chi connectivity index (χ2n) is 5.83. The van der Waals surface area contributed by atoms with Gasteiger partial charge in [-0.3, -0.25) is 0 Å². The molecule has 1 atom stereocenters. The minimum atomic E-state index is 0.307. The molecule has 2 nitrogen and oxygen atoms in total. The summed E-state index contributed by atoms with van der Waals surface area (Å²) in [5.74, 6) is 0.307. The maximum absolute atomic E-state index is 6.05. The minimum absolute atomic E-state index is 0.307. The van der Waals surface area contributed by atoms with Gasteiger partial charge in [-0.25, -0.2) is 0 Å². The van der Waals surface area contributed by atoms with Crippen LogP contribution in [0, 0.1) is 6.92 Å². The number of benzene rings is 2. The Hall–Kier alpha value is -1.77. The van der Waals surface area contributed by atoms with Crippen LogP contribution in [0.4, 0.5) is 0 Å². The van der Waals surface area contributed by atoms with Crippen molar-refractivity contribution in [1.29, 1.82) is 0 Å². The van der Waals surface area contributed by atoms with Gasteiger partial charge in [0.25, 0.3) is 0 Å². The van der Waals surface area contributed by atoms with Crippen LogP contribution in [0.2, 0.25) is 5.02 Å². The molecule has 1 unspecified atom stereocenters. The third-order valence-corrected chi connectivity index (χ3v) is 4.86. The molecule has 0 amide bonds. The highest BCUT2D eigenvalue weighted by Crippen LogP contribution is 2.30. The fraction of sp³-hybridized carbons (Fsp3) is 0.263. The first kappa shape index (κ1) is 15.1. The van der Waals surface area contributed by atoms with Crippen molar-refractivity contribution in [3.63, 3.8) is 0 Å². The molecule has 0 bridgehead atoms. The van der Waals surface area contributed by atoms with Crippen LogP contribution < -0.4 is 5.73 Å². The maximum Gasteiger partial charge on any atom is 0.0482 e. The predicted molar refractivity (Wildman–Crippen MR) is 94.6 cm³/mol. The van der Waals surface area contributed by atoms with Crippen molar-refractivity contribution in [2.75, 3.05) is 6.54 Å². The Bertz CT molecular complexity index is 787. The van der Waals surface area contributed by atoms with E-state index < -0.39 is 0 Å². The molecule has 2 N–H and O–H groups in total. The first-order chi connectivity index (χ1) is 10.6. The first-order valence-corrected chi connectivity index (χ1v) is 7.98. The molecule has 1 heterocycles. The number of rotatable bonds is 4. The molecular weight excluding hydrogens is 292 g/mol. The summed E-state index contributed by atoms with van der Waals surface area (Å²) in [5.41, 5.74) is 11.3. The maximum atomic E-state index is 6.05. The average Bonchev–Trinajstić information content (AvgIpc) is 2.78. The standard InChI is InChI=1S/C19H21ClN2/c1-13-18(17-5-3-4-6-19(17)22(13)2)11-15(12-21)14-7-9-16(20)10-8-14/h3-10,15H,11-12,21H2,1-2H3. The molecule has 114 valence electrons. The molecule has 3 aromatic rings. The molecule has 2 aromatic carbocycles. The van der Waals surface area contributed by atoms with E-state index in [0.29, 0.717) is 12.5 Å². The molecule has 0 aliphatic carbocycles. The Morgan fingerprint density at radius 3 is 2.45 bits per heavy atom. The van der Waals surface area contributed by atoms with E-state index in [1.807, 2.05) is 12.1 Å². The van der Waals surface area contributed by atoms with Gasteiger partial charge in [-0.15, -0.1) is 0 Å². The van der Waals surface area contributed by atoms with Crippen molar-refractivity contribution >= 4 is 22.5 Å². The van der Waals surface area contributed by atoms with Crippen molar-refractivity contribution in [2.24, 2.45) is 12.8 Å². The minimum Gasteiger partial charge on any atom is -0.348 e. The number of nitrogens with two attached hydrogens (primary N) is 1. The van der Waals surface area contributed by atoms with Crippen molar-refractivity contribution in [1.82, 2.24) is 4.57 Å². The lowest BCUT2D eigenvalue weighted by atomic mass is 9.91. The SMILES string of the molecule is Cc1c(CC(CN)c2ccc(Cl)cc2)c2ccccc2n1C. The highest BCUT2D eigenvalue weighted by atomic mass is 35.5. The summed E-state index contributed by atoms with van der Waals surface area (Å²) < 4.78 is 2.26. The molecule has 1 aromatic heterocycles. The summed E-state index contributed by atoms with van der Waals surface area (Å²) >= 11 is 5.99. The van der Waals surface area contributed by atoms with Gasteiger partial charge in [-0.1, -0.05) is 41.9 Å². The van der Waals surface area contributed by atoms with Gasteiger partial charge in [0.05, 0.1) is 0 Å². The van der Waals surface area contributed by atoms with Gasteiger partial charge in [-0.2, -0.15) is 0 Å². The van der Waals surface area contributed by atoms with Crippen molar-refractivity contribution in [3.05, 3.63) is 70.4 Å². The lowest BCUT2D eigenvalue weighted by Crippen LogP contribution is -2.15. The third-order valence-electron chi connectivity index (χ3n) is 4.61. The Morgan fingerprint density at radius 1 is 1.09 bits per heavy atom. The van der Waals surface area contributed by atoms with E-state index in [0.717, 1.165) is 11.4 Å². The molecule has 0 fully saturated rings.